The fraction of sp³-hybridized carbons (Fsp3) is 0.143. The van der Waals surface area contributed by atoms with Gasteiger partial charge >= 0.3 is 5.97 Å². The molecule has 31 heavy (non-hydrogen) atoms. The van der Waals surface area contributed by atoms with Crippen molar-refractivity contribution in [3.63, 3.8) is 0 Å². The van der Waals surface area contributed by atoms with Crippen LogP contribution >= 0.6 is 22.9 Å². The van der Waals surface area contributed by atoms with Crippen molar-refractivity contribution in [1.29, 1.82) is 0 Å². The molecule has 0 aliphatic carbocycles. The molecular weight excluding hydrogens is 442 g/mol. The number of nitrogens with zero attached hydrogens (tertiary/aromatic N) is 1. The Balaban J connectivity index is 1.65. The topological polar surface area (TPSA) is 106 Å². The summed E-state index contributed by atoms with van der Waals surface area (Å²) in [6.45, 7) is -0.170. The van der Waals surface area contributed by atoms with Gasteiger partial charge in [-0.1, -0.05) is 17.7 Å². The highest BCUT2D eigenvalue weighted by molar-refractivity contribution is 7.18. The molecule has 1 unspecified atom stereocenters. The van der Waals surface area contributed by atoms with Crippen molar-refractivity contribution in [3.8, 4) is 5.69 Å². The van der Waals surface area contributed by atoms with Gasteiger partial charge in [0, 0.05) is 30.1 Å². The maximum Gasteiger partial charge on any atom is 0.330 e. The smallest absolute Gasteiger partial charge is 0.330 e. The highest BCUT2D eigenvalue weighted by atomic mass is 35.5. The lowest BCUT2D eigenvalue weighted by molar-refractivity contribution is -0.142. The summed E-state index contributed by atoms with van der Waals surface area (Å²) >= 11 is 6.90. The van der Waals surface area contributed by atoms with Gasteiger partial charge in [0.2, 0.25) is 0 Å². The van der Waals surface area contributed by atoms with E-state index in [-0.39, 0.29) is 12.1 Å². The molecular formula is C21H18ClN3O5S. The minimum absolute atomic E-state index is 0.170. The van der Waals surface area contributed by atoms with E-state index in [4.69, 9.17) is 16.3 Å². The zero-order chi connectivity index (χ0) is 22.4. The van der Waals surface area contributed by atoms with Crippen LogP contribution in [-0.2, 0) is 9.53 Å². The number of methoxy groups -OCH3 is 1. The fourth-order valence-corrected chi connectivity index (χ4v) is 3.66. The largest absolute Gasteiger partial charge is 0.467 e. The Kier molecular flexibility index (Phi) is 7.22. The maximum absolute atomic E-state index is 12.5. The van der Waals surface area contributed by atoms with Crippen molar-refractivity contribution in [2.75, 3.05) is 13.7 Å². The van der Waals surface area contributed by atoms with Gasteiger partial charge in [-0.05, 0) is 42.5 Å². The molecule has 1 aromatic carbocycles. The number of carbonyl (C=O) groups is 3. The average molecular weight is 460 g/mol. The molecule has 0 fully saturated rings. The number of hydrogen-bond donors (Lipinski definition) is 2. The molecule has 2 heterocycles. The lowest BCUT2D eigenvalue weighted by atomic mass is 10.2. The van der Waals surface area contributed by atoms with E-state index in [1.165, 1.54) is 23.8 Å². The molecule has 3 rings (SSSR count). The van der Waals surface area contributed by atoms with Gasteiger partial charge in [-0.25, -0.2) is 4.79 Å². The highest BCUT2D eigenvalue weighted by Crippen LogP contribution is 2.21. The van der Waals surface area contributed by atoms with Gasteiger partial charge in [-0.15, -0.1) is 11.3 Å². The van der Waals surface area contributed by atoms with Crippen LogP contribution in [0.3, 0.4) is 0 Å². The Hall–Kier alpha value is -3.43. The van der Waals surface area contributed by atoms with E-state index in [0.29, 0.717) is 20.5 Å². The molecule has 0 bridgehead atoms. The SMILES string of the molecule is COC(=O)C(CNC(=O)c1ccc(-n2ccccc2=O)cc1)NC(=O)c1ccc(Cl)s1. The summed E-state index contributed by atoms with van der Waals surface area (Å²) in [5.41, 5.74) is 0.743. The molecule has 0 saturated carbocycles. The Bertz CT molecular complexity index is 1160. The second kappa shape index (κ2) is 10.1. The van der Waals surface area contributed by atoms with E-state index >= 15 is 0 Å². The minimum Gasteiger partial charge on any atom is -0.467 e. The first kappa shape index (κ1) is 22.3. The summed E-state index contributed by atoms with van der Waals surface area (Å²) in [6, 6.07) is 13.2. The highest BCUT2D eigenvalue weighted by Gasteiger charge is 2.24. The van der Waals surface area contributed by atoms with Crippen LogP contribution in [0.25, 0.3) is 5.69 Å². The van der Waals surface area contributed by atoms with Crippen LogP contribution in [0.4, 0.5) is 0 Å². The quantitative estimate of drug-likeness (QED) is 0.527. The monoisotopic (exact) mass is 459 g/mol. The van der Waals surface area contributed by atoms with E-state index in [2.05, 4.69) is 10.6 Å². The van der Waals surface area contributed by atoms with Crippen molar-refractivity contribution >= 4 is 40.7 Å². The molecule has 1 atom stereocenters. The van der Waals surface area contributed by atoms with Gasteiger partial charge in [0.05, 0.1) is 16.3 Å². The Morgan fingerprint density at radius 1 is 1.06 bits per heavy atom. The molecule has 0 aliphatic rings. The number of esters is 1. The second-order valence-corrected chi connectivity index (χ2v) is 8.03. The van der Waals surface area contributed by atoms with E-state index in [1.807, 2.05) is 0 Å². The van der Waals surface area contributed by atoms with Crippen LogP contribution in [0.15, 0.2) is 65.6 Å². The van der Waals surface area contributed by atoms with Gasteiger partial charge < -0.3 is 15.4 Å². The van der Waals surface area contributed by atoms with Crippen molar-refractivity contribution < 1.29 is 19.1 Å². The van der Waals surface area contributed by atoms with Crippen LogP contribution in [-0.4, -0.2) is 42.0 Å². The number of amides is 2. The third-order valence-electron chi connectivity index (χ3n) is 4.28. The number of hydrogen-bond acceptors (Lipinski definition) is 6. The molecule has 8 nitrogen and oxygen atoms in total. The summed E-state index contributed by atoms with van der Waals surface area (Å²) in [5, 5.41) is 5.13. The number of carbonyl (C=O) groups excluding carboxylic acids is 3. The number of pyridine rings is 1. The van der Waals surface area contributed by atoms with Crippen molar-refractivity contribution in [3.05, 3.63) is 85.9 Å². The summed E-state index contributed by atoms with van der Waals surface area (Å²) in [4.78, 5) is 49.0. The molecule has 160 valence electrons. The third kappa shape index (κ3) is 5.59. The van der Waals surface area contributed by atoms with Gasteiger partial charge in [-0.2, -0.15) is 0 Å². The number of halogens is 1. The van der Waals surface area contributed by atoms with Crippen molar-refractivity contribution in [2.45, 2.75) is 6.04 Å². The third-order valence-corrected chi connectivity index (χ3v) is 5.51. The van der Waals surface area contributed by atoms with E-state index in [9.17, 15) is 19.2 Å². The molecule has 10 heteroatoms. The Morgan fingerprint density at radius 3 is 2.42 bits per heavy atom. The van der Waals surface area contributed by atoms with Crippen LogP contribution in [0, 0.1) is 0 Å². The van der Waals surface area contributed by atoms with Crippen LogP contribution in [0.5, 0.6) is 0 Å². The number of thiophene rings is 1. The van der Waals surface area contributed by atoms with E-state index in [1.54, 1.807) is 48.7 Å². The molecule has 0 aliphatic heterocycles. The number of rotatable bonds is 7. The summed E-state index contributed by atoms with van der Waals surface area (Å²) in [6.07, 6.45) is 1.63. The molecule has 2 N–H and O–H groups in total. The molecule has 2 aromatic heterocycles. The first-order valence-electron chi connectivity index (χ1n) is 9.09. The van der Waals surface area contributed by atoms with Crippen LogP contribution in [0.1, 0.15) is 20.0 Å². The summed E-state index contributed by atoms with van der Waals surface area (Å²) in [5.74, 6) is -1.65. The minimum atomic E-state index is -1.08. The normalized spacial score (nSPS) is 11.4. The molecule has 0 radical (unpaired) electrons. The number of nitrogens with one attached hydrogen (secondary N) is 2. The first-order chi connectivity index (χ1) is 14.9. The fourth-order valence-electron chi connectivity index (χ4n) is 2.71. The Morgan fingerprint density at radius 2 is 1.81 bits per heavy atom. The van der Waals surface area contributed by atoms with E-state index < -0.39 is 23.8 Å². The zero-order valence-corrected chi connectivity index (χ0v) is 17.9. The standard InChI is InChI=1S/C21H18ClN3O5S/c1-30-21(29)15(24-20(28)16-9-10-17(22)31-16)12-23-19(27)13-5-7-14(8-6-13)25-11-3-2-4-18(25)26/h2-11,15H,12H2,1H3,(H,23,27)(H,24,28). The Labute approximate surface area is 186 Å². The molecule has 3 aromatic rings. The summed E-state index contributed by atoms with van der Waals surface area (Å²) in [7, 11) is 1.19. The average Bonchev–Trinajstić information content (AvgIpc) is 3.22. The zero-order valence-electron chi connectivity index (χ0n) is 16.3. The molecule has 0 saturated heterocycles. The molecule has 2 amide bonds. The number of benzene rings is 1. The lowest BCUT2D eigenvalue weighted by Crippen LogP contribution is -2.48. The van der Waals surface area contributed by atoms with Gasteiger partial charge in [-0.3, -0.25) is 19.0 Å². The van der Waals surface area contributed by atoms with Gasteiger partial charge in [0.15, 0.2) is 0 Å². The first-order valence-corrected chi connectivity index (χ1v) is 10.3. The van der Waals surface area contributed by atoms with Crippen molar-refractivity contribution in [2.24, 2.45) is 0 Å². The van der Waals surface area contributed by atoms with Crippen molar-refractivity contribution in [1.82, 2.24) is 15.2 Å². The summed E-state index contributed by atoms with van der Waals surface area (Å²) < 4.78 is 6.59. The number of aromatic nitrogens is 1. The van der Waals surface area contributed by atoms with Gasteiger partial charge in [0.25, 0.3) is 17.4 Å². The van der Waals surface area contributed by atoms with E-state index in [0.717, 1.165) is 11.3 Å². The lowest BCUT2D eigenvalue weighted by Gasteiger charge is -2.17. The predicted molar refractivity (Wildman–Crippen MR) is 117 cm³/mol. The van der Waals surface area contributed by atoms with Gasteiger partial charge in [0.1, 0.15) is 6.04 Å². The predicted octanol–water partition coefficient (Wildman–Crippen LogP) is 2.25. The maximum atomic E-state index is 12.5. The van der Waals surface area contributed by atoms with Crippen LogP contribution < -0.4 is 16.2 Å². The molecule has 0 spiro atoms. The number of ether oxygens (including phenoxy) is 1. The second-order valence-electron chi connectivity index (χ2n) is 6.32. The van der Waals surface area contributed by atoms with Crippen LogP contribution in [0.2, 0.25) is 4.34 Å².